The van der Waals surface area contributed by atoms with Gasteiger partial charge >= 0.3 is 0 Å². The Morgan fingerprint density at radius 3 is 2.25 bits per heavy atom. The van der Waals surface area contributed by atoms with Crippen molar-refractivity contribution in [3.63, 3.8) is 0 Å². The molecule has 88 valence electrons. The second-order valence-corrected chi connectivity index (χ2v) is 4.38. The van der Waals surface area contributed by atoms with Crippen LogP contribution in [0, 0.1) is 0 Å². The highest BCUT2D eigenvalue weighted by molar-refractivity contribution is 5.97. The van der Waals surface area contributed by atoms with Crippen LogP contribution in [0.4, 0.5) is 5.69 Å². The zero-order valence-electron chi connectivity index (χ0n) is 10.4. The van der Waals surface area contributed by atoms with E-state index in [0.717, 1.165) is 12.1 Å². The maximum atomic E-state index is 11.8. The largest absolute Gasteiger partial charge is 0.325 e. The fraction of sp³-hybridized carbons (Fsp3) is 0.462. The number of anilines is 1. The number of carbonyl (C=O) groups is 1. The quantitative estimate of drug-likeness (QED) is 0.816. The van der Waals surface area contributed by atoms with Crippen LogP contribution >= 0.6 is 0 Å². The van der Waals surface area contributed by atoms with Crippen molar-refractivity contribution in [1.29, 1.82) is 0 Å². The van der Waals surface area contributed by atoms with E-state index in [9.17, 15) is 4.79 Å². The molecule has 0 spiro atoms. The summed E-state index contributed by atoms with van der Waals surface area (Å²) in [5.41, 5.74) is 1.56. The zero-order chi connectivity index (χ0) is 12.2. The van der Waals surface area contributed by atoms with E-state index < -0.39 is 5.54 Å². The van der Waals surface area contributed by atoms with Gasteiger partial charge in [0.05, 0.1) is 5.54 Å². The SMILES string of the molecule is CCc1ccc(NC(=O)C(C)(C)NC)cc1. The maximum Gasteiger partial charge on any atom is 0.244 e. The molecular weight excluding hydrogens is 200 g/mol. The molecule has 0 unspecified atom stereocenters. The summed E-state index contributed by atoms with van der Waals surface area (Å²) in [5, 5.41) is 5.85. The third kappa shape index (κ3) is 3.07. The molecule has 3 nitrogen and oxygen atoms in total. The Hall–Kier alpha value is -1.35. The Morgan fingerprint density at radius 2 is 1.81 bits per heavy atom. The molecule has 0 aromatic heterocycles. The number of amides is 1. The highest BCUT2D eigenvalue weighted by atomic mass is 16.2. The van der Waals surface area contributed by atoms with Crippen molar-refractivity contribution < 1.29 is 4.79 Å². The monoisotopic (exact) mass is 220 g/mol. The summed E-state index contributed by atoms with van der Waals surface area (Å²) in [7, 11) is 1.78. The minimum Gasteiger partial charge on any atom is -0.325 e. The van der Waals surface area contributed by atoms with Gasteiger partial charge in [0.1, 0.15) is 0 Å². The van der Waals surface area contributed by atoms with Crippen molar-refractivity contribution in [2.24, 2.45) is 0 Å². The lowest BCUT2D eigenvalue weighted by atomic mass is 10.0. The average Bonchev–Trinajstić information content (AvgIpc) is 2.30. The standard InChI is InChI=1S/C13H20N2O/c1-5-10-6-8-11(9-7-10)15-12(16)13(2,3)14-4/h6-9,14H,5H2,1-4H3,(H,15,16). The molecule has 1 amide bonds. The summed E-state index contributed by atoms with van der Waals surface area (Å²) < 4.78 is 0. The number of benzene rings is 1. The lowest BCUT2D eigenvalue weighted by molar-refractivity contribution is -0.121. The lowest BCUT2D eigenvalue weighted by Gasteiger charge is -2.22. The van der Waals surface area contributed by atoms with Crippen molar-refractivity contribution in [3.8, 4) is 0 Å². The highest BCUT2D eigenvalue weighted by Gasteiger charge is 2.24. The third-order valence-corrected chi connectivity index (χ3v) is 2.81. The molecule has 0 heterocycles. The average molecular weight is 220 g/mol. The van der Waals surface area contributed by atoms with Gasteiger partial charge in [0.15, 0.2) is 0 Å². The lowest BCUT2D eigenvalue weighted by Crippen LogP contribution is -2.47. The van der Waals surface area contributed by atoms with Gasteiger partial charge in [-0.1, -0.05) is 19.1 Å². The summed E-state index contributed by atoms with van der Waals surface area (Å²) in [5.74, 6) is -0.0285. The Morgan fingerprint density at radius 1 is 1.25 bits per heavy atom. The Labute approximate surface area is 97.2 Å². The predicted octanol–water partition coefficient (Wildman–Crippen LogP) is 2.19. The molecule has 1 aromatic carbocycles. The van der Waals surface area contributed by atoms with Gasteiger partial charge in [0, 0.05) is 5.69 Å². The summed E-state index contributed by atoms with van der Waals surface area (Å²) in [4.78, 5) is 11.8. The molecule has 0 aliphatic rings. The summed E-state index contributed by atoms with van der Waals surface area (Å²) >= 11 is 0. The highest BCUT2D eigenvalue weighted by Crippen LogP contribution is 2.12. The second-order valence-electron chi connectivity index (χ2n) is 4.38. The second kappa shape index (κ2) is 5.12. The van der Waals surface area contributed by atoms with Gasteiger partial charge in [-0.15, -0.1) is 0 Å². The molecular formula is C13H20N2O. The fourth-order valence-corrected chi connectivity index (χ4v) is 1.22. The van der Waals surface area contributed by atoms with E-state index in [1.165, 1.54) is 5.56 Å². The van der Waals surface area contributed by atoms with Gasteiger partial charge in [-0.05, 0) is 45.0 Å². The zero-order valence-corrected chi connectivity index (χ0v) is 10.4. The van der Waals surface area contributed by atoms with Crippen LogP contribution in [-0.4, -0.2) is 18.5 Å². The van der Waals surface area contributed by atoms with Crippen LogP contribution in [0.15, 0.2) is 24.3 Å². The van der Waals surface area contributed by atoms with E-state index in [0.29, 0.717) is 0 Å². The van der Waals surface area contributed by atoms with Crippen molar-refractivity contribution in [2.75, 3.05) is 12.4 Å². The van der Waals surface area contributed by atoms with Gasteiger partial charge < -0.3 is 10.6 Å². The van der Waals surface area contributed by atoms with Crippen LogP contribution in [0.1, 0.15) is 26.3 Å². The van der Waals surface area contributed by atoms with Crippen molar-refractivity contribution >= 4 is 11.6 Å². The summed E-state index contributed by atoms with van der Waals surface area (Å²) in [6.45, 7) is 5.81. The number of carbonyl (C=O) groups excluding carboxylic acids is 1. The third-order valence-electron chi connectivity index (χ3n) is 2.81. The molecule has 2 N–H and O–H groups in total. The normalized spacial score (nSPS) is 11.2. The number of nitrogens with one attached hydrogen (secondary N) is 2. The first-order valence-electron chi connectivity index (χ1n) is 5.59. The van der Waals surface area contributed by atoms with Gasteiger partial charge in [-0.2, -0.15) is 0 Å². The van der Waals surface area contributed by atoms with Gasteiger partial charge in [-0.3, -0.25) is 4.79 Å². The van der Waals surface area contributed by atoms with Crippen molar-refractivity contribution in [3.05, 3.63) is 29.8 Å². The fourth-order valence-electron chi connectivity index (χ4n) is 1.22. The van der Waals surface area contributed by atoms with Gasteiger partial charge in [-0.25, -0.2) is 0 Å². The number of hydrogen-bond acceptors (Lipinski definition) is 2. The van der Waals surface area contributed by atoms with Crippen molar-refractivity contribution in [1.82, 2.24) is 5.32 Å². The minimum absolute atomic E-state index is 0.0285. The molecule has 0 saturated carbocycles. The molecule has 0 radical (unpaired) electrons. The van der Waals surface area contributed by atoms with Crippen LogP contribution in [0.3, 0.4) is 0 Å². The minimum atomic E-state index is -0.552. The Balaban J connectivity index is 2.70. The summed E-state index contributed by atoms with van der Waals surface area (Å²) in [6, 6.07) is 7.93. The molecule has 3 heteroatoms. The van der Waals surface area contributed by atoms with E-state index in [-0.39, 0.29) is 5.91 Å². The van der Waals surface area contributed by atoms with E-state index in [1.807, 2.05) is 38.1 Å². The molecule has 0 fully saturated rings. The Kier molecular flexibility index (Phi) is 4.07. The molecule has 0 aliphatic heterocycles. The molecule has 0 aliphatic carbocycles. The first-order chi connectivity index (χ1) is 7.49. The molecule has 16 heavy (non-hydrogen) atoms. The van der Waals surface area contributed by atoms with Gasteiger partial charge in [0.25, 0.3) is 0 Å². The van der Waals surface area contributed by atoms with Crippen molar-refractivity contribution in [2.45, 2.75) is 32.7 Å². The van der Waals surface area contributed by atoms with E-state index in [4.69, 9.17) is 0 Å². The van der Waals surface area contributed by atoms with E-state index in [2.05, 4.69) is 17.6 Å². The number of likely N-dealkylation sites (N-methyl/N-ethyl adjacent to an activating group) is 1. The molecule has 1 rings (SSSR count). The Bertz CT molecular complexity index is 355. The van der Waals surface area contributed by atoms with E-state index in [1.54, 1.807) is 7.05 Å². The van der Waals surface area contributed by atoms with Crippen LogP contribution in [0.2, 0.25) is 0 Å². The van der Waals surface area contributed by atoms with Crippen LogP contribution < -0.4 is 10.6 Å². The first kappa shape index (κ1) is 12.7. The van der Waals surface area contributed by atoms with E-state index >= 15 is 0 Å². The van der Waals surface area contributed by atoms with Crippen LogP contribution in [0.25, 0.3) is 0 Å². The molecule has 0 saturated heterocycles. The number of rotatable bonds is 4. The maximum absolute atomic E-state index is 11.8. The molecule has 0 atom stereocenters. The first-order valence-corrected chi connectivity index (χ1v) is 5.59. The molecule has 0 bridgehead atoms. The van der Waals surface area contributed by atoms with Crippen LogP contribution in [-0.2, 0) is 11.2 Å². The molecule has 1 aromatic rings. The smallest absolute Gasteiger partial charge is 0.244 e. The van der Waals surface area contributed by atoms with Gasteiger partial charge in [0.2, 0.25) is 5.91 Å². The number of hydrogen-bond donors (Lipinski definition) is 2. The summed E-state index contributed by atoms with van der Waals surface area (Å²) in [6.07, 6.45) is 1.01. The number of aryl methyl sites for hydroxylation is 1. The van der Waals surface area contributed by atoms with Crippen LogP contribution in [0.5, 0.6) is 0 Å². The topological polar surface area (TPSA) is 41.1 Å². The predicted molar refractivity (Wildman–Crippen MR) is 67.6 cm³/mol.